The van der Waals surface area contributed by atoms with Gasteiger partial charge in [0.25, 0.3) is 0 Å². The predicted molar refractivity (Wildman–Crippen MR) is 87.5 cm³/mol. The molecule has 0 radical (unpaired) electrons. The quantitative estimate of drug-likeness (QED) is 0.384. The Morgan fingerprint density at radius 1 is 1.29 bits per heavy atom. The number of nitro groups is 1. The van der Waals surface area contributed by atoms with E-state index in [1.54, 1.807) is 36.4 Å². The van der Waals surface area contributed by atoms with Crippen LogP contribution in [0.1, 0.15) is 34.5 Å². The largest absolute Gasteiger partial charge is 0.476 e. The Kier molecular flexibility index (Phi) is 4.21. The molecular formula is C17H16ClNO5. The van der Waals surface area contributed by atoms with E-state index in [1.807, 2.05) is 6.92 Å². The zero-order valence-corrected chi connectivity index (χ0v) is 13.6. The van der Waals surface area contributed by atoms with Gasteiger partial charge in [-0.15, -0.1) is 0 Å². The highest BCUT2D eigenvalue weighted by Crippen LogP contribution is 2.51. The summed E-state index contributed by atoms with van der Waals surface area (Å²) in [6.07, 6.45) is -2.74. The Morgan fingerprint density at radius 2 is 1.96 bits per heavy atom. The number of aryl methyl sites for hydroxylation is 1. The van der Waals surface area contributed by atoms with Crippen LogP contribution in [0.5, 0.6) is 5.75 Å². The molecule has 3 atom stereocenters. The molecule has 0 aromatic heterocycles. The SMILES string of the molecule is Cc1ccc([C@@H]2Oc3ccc(CO)cc3[C@H](O)[C@@]2(Cl)[N+](=O)[O-])cc1. The average molecular weight is 350 g/mol. The van der Waals surface area contributed by atoms with Crippen LogP contribution >= 0.6 is 11.6 Å². The van der Waals surface area contributed by atoms with Crippen LogP contribution in [-0.4, -0.2) is 20.1 Å². The second kappa shape index (κ2) is 6.05. The Morgan fingerprint density at radius 3 is 2.54 bits per heavy atom. The summed E-state index contributed by atoms with van der Waals surface area (Å²) in [5, 5.41) is 31.5. The van der Waals surface area contributed by atoms with Gasteiger partial charge in [-0.25, -0.2) is 0 Å². The third-order valence-electron chi connectivity index (χ3n) is 4.21. The van der Waals surface area contributed by atoms with Gasteiger partial charge in [-0.2, -0.15) is 0 Å². The summed E-state index contributed by atoms with van der Waals surface area (Å²) in [6.45, 7) is 1.64. The van der Waals surface area contributed by atoms with Gasteiger partial charge >= 0.3 is 5.00 Å². The highest BCUT2D eigenvalue weighted by molar-refractivity contribution is 6.23. The minimum Gasteiger partial charge on any atom is -0.476 e. The fourth-order valence-electron chi connectivity index (χ4n) is 2.83. The molecule has 2 N–H and O–H groups in total. The lowest BCUT2D eigenvalue weighted by molar-refractivity contribution is -0.570. The molecule has 7 heteroatoms. The highest BCUT2D eigenvalue weighted by Gasteiger charge is 2.61. The summed E-state index contributed by atoms with van der Waals surface area (Å²) in [6, 6.07) is 11.7. The molecule has 0 bridgehead atoms. The molecule has 0 amide bonds. The Hall–Kier alpha value is -2.15. The number of rotatable bonds is 3. The summed E-state index contributed by atoms with van der Waals surface area (Å²) < 4.78 is 5.79. The van der Waals surface area contributed by atoms with Gasteiger partial charge in [-0.1, -0.05) is 35.9 Å². The molecule has 0 saturated carbocycles. The predicted octanol–water partition coefficient (Wildman–Crippen LogP) is 2.87. The molecule has 24 heavy (non-hydrogen) atoms. The van der Waals surface area contributed by atoms with Crippen LogP contribution in [0.4, 0.5) is 0 Å². The van der Waals surface area contributed by atoms with Crippen LogP contribution in [0.15, 0.2) is 42.5 Å². The average Bonchev–Trinajstić information content (AvgIpc) is 2.58. The molecule has 2 aromatic carbocycles. The van der Waals surface area contributed by atoms with E-state index in [4.69, 9.17) is 16.3 Å². The third-order valence-corrected chi connectivity index (χ3v) is 4.75. The summed E-state index contributed by atoms with van der Waals surface area (Å²) in [4.78, 5) is 8.69. The van der Waals surface area contributed by atoms with E-state index in [9.17, 15) is 20.3 Å². The zero-order chi connectivity index (χ0) is 17.5. The van der Waals surface area contributed by atoms with Crippen molar-refractivity contribution in [3.63, 3.8) is 0 Å². The molecule has 3 rings (SSSR count). The van der Waals surface area contributed by atoms with E-state index in [0.29, 0.717) is 16.9 Å². The molecule has 1 aliphatic heterocycles. The van der Waals surface area contributed by atoms with Crippen LogP contribution in [0.3, 0.4) is 0 Å². The van der Waals surface area contributed by atoms with Crippen LogP contribution in [0.2, 0.25) is 0 Å². The van der Waals surface area contributed by atoms with Crippen molar-refractivity contribution < 1.29 is 19.9 Å². The molecule has 1 heterocycles. The number of aliphatic hydroxyl groups excluding tert-OH is 2. The Balaban J connectivity index is 2.14. The first-order valence-corrected chi connectivity index (χ1v) is 7.74. The van der Waals surface area contributed by atoms with Crippen molar-refractivity contribution in [2.75, 3.05) is 0 Å². The van der Waals surface area contributed by atoms with Gasteiger partial charge < -0.3 is 14.9 Å². The molecule has 0 unspecified atom stereocenters. The van der Waals surface area contributed by atoms with Crippen molar-refractivity contribution in [2.24, 2.45) is 0 Å². The van der Waals surface area contributed by atoms with Crippen molar-refractivity contribution >= 4 is 11.6 Å². The number of halogens is 1. The van der Waals surface area contributed by atoms with Crippen molar-refractivity contribution in [2.45, 2.75) is 30.7 Å². The molecular weight excluding hydrogens is 334 g/mol. The van der Waals surface area contributed by atoms with Gasteiger partial charge in [0, 0.05) is 11.1 Å². The first-order chi connectivity index (χ1) is 11.4. The van der Waals surface area contributed by atoms with Gasteiger partial charge in [-0.3, -0.25) is 10.1 Å². The topological polar surface area (TPSA) is 92.8 Å². The van der Waals surface area contributed by atoms with Gasteiger partial charge in [0.15, 0.2) is 6.10 Å². The maximum atomic E-state index is 11.7. The molecule has 0 aliphatic carbocycles. The molecule has 6 nitrogen and oxygen atoms in total. The maximum Gasteiger partial charge on any atom is 0.364 e. The lowest BCUT2D eigenvalue weighted by atomic mass is 9.88. The number of ether oxygens (including phenoxy) is 1. The van der Waals surface area contributed by atoms with E-state index in [1.165, 1.54) is 6.07 Å². The third kappa shape index (κ3) is 2.53. The number of hydrogen-bond donors (Lipinski definition) is 2. The first-order valence-electron chi connectivity index (χ1n) is 7.36. The molecule has 0 saturated heterocycles. The second-order valence-corrected chi connectivity index (χ2v) is 6.43. The monoisotopic (exact) mass is 349 g/mol. The van der Waals surface area contributed by atoms with Crippen molar-refractivity contribution in [1.29, 1.82) is 0 Å². The van der Waals surface area contributed by atoms with Gasteiger partial charge in [0.2, 0.25) is 6.10 Å². The first kappa shape index (κ1) is 16.7. The number of hydrogen-bond acceptors (Lipinski definition) is 5. The lowest BCUT2D eigenvalue weighted by Crippen LogP contribution is -2.49. The smallest absolute Gasteiger partial charge is 0.364 e. The van der Waals surface area contributed by atoms with Crippen LogP contribution in [0.25, 0.3) is 0 Å². The van der Waals surface area contributed by atoms with Crippen molar-refractivity contribution in [3.05, 3.63) is 74.8 Å². The van der Waals surface area contributed by atoms with E-state index in [2.05, 4.69) is 0 Å². The Bertz CT molecular complexity index is 779. The Labute approximate surface area is 143 Å². The van der Waals surface area contributed by atoms with E-state index in [0.717, 1.165) is 5.56 Å². The number of alkyl halides is 1. The fourth-order valence-corrected chi connectivity index (χ4v) is 3.12. The van der Waals surface area contributed by atoms with Crippen molar-refractivity contribution in [1.82, 2.24) is 0 Å². The normalized spacial score (nSPS) is 25.7. The van der Waals surface area contributed by atoms with Crippen LogP contribution in [-0.2, 0) is 6.61 Å². The zero-order valence-electron chi connectivity index (χ0n) is 12.8. The number of aliphatic hydroxyl groups is 2. The van der Waals surface area contributed by atoms with E-state index >= 15 is 0 Å². The van der Waals surface area contributed by atoms with Crippen LogP contribution < -0.4 is 4.74 Å². The number of fused-ring (bicyclic) bond motifs is 1. The van der Waals surface area contributed by atoms with Gasteiger partial charge in [0.05, 0.1) is 11.5 Å². The molecule has 2 aromatic rings. The van der Waals surface area contributed by atoms with Gasteiger partial charge in [0.1, 0.15) is 5.75 Å². The number of nitrogens with zero attached hydrogens (tertiary/aromatic N) is 1. The van der Waals surface area contributed by atoms with E-state index in [-0.39, 0.29) is 12.2 Å². The highest BCUT2D eigenvalue weighted by atomic mass is 35.5. The summed E-state index contributed by atoms with van der Waals surface area (Å²) >= 11 is 6.29. The van der Waals surface area contributed by atoms with Crippen molar-refractivity contribution in [3.8, 4) is 5.75 Å². The molecule has 0 spiro atoms. The second-order valence-electron chi connectivity index (χ2n) is 5.83. The summed E-state index contributed by atoms with van der Waals surface area (Å²) in [5.41, 5.74) is 2.19. The van der Waals surface area contributed by atoms with Crippen LogP contribution in [0, 0.1) is 17.0 Å². The van der Waals surface area contributed by atoms with Gasteiger partial charge in [-0.05, 0) is 36.2 Å². The standard InChI is InChI=1S/C17H16ClNO5/c1-10-2-5-12(6-3-10)16-17(18,19(22)23)15(21)13-8-11(9-20)4-7-14(13)24-16/h2-8,15-16,20-21H,9H2,1H3/t15-,16-,17+/m0/s1. The molecule has 0 fully saturated rings. The fraction of sp³-hybridized carbons (Fsp3) is 0.294. The number of benzene rings is 2. The summed E-state index contributed by atoms with van der Waals surface area (Å²) in [5.74, 6) is 0.309. The minimum atomic E-state index is -2.27. The molecule has 1 aliphatic rings. The summed E-state index contributed by atoms with van der Waals surface area (Å²) in [7, 11) is 0. The maximum absolute atomic E-state index is 11.7. The lowest BCUT2D eigenvalue weighted by Gasteiger charge is -2.37. The minimum absolute atomic E-state index is 0.191. The van der Waals surface area contributed by atoms with E-state index < -0.39 is 22.1 Å². The molecule has 126 valence electrons.